The van der Waals surface area contributed by atoms with E-state index in [0.29, 0.717) is 6.04 Å². The van der Waals surface area contributed by atoms with Crippen molar-refractivity contribution in [2.75, 3.05) is 33.2 Å². The number of nitrogens with one attached hydrogen (secondary N) is 2. The van der Waals surface area contributed by atoms with Gasteiger partial charge in [0.1, 0.15) is 0 Å². The normalized spacial score (nSPS) is 26.1. The first kappa shape index (κ1) is 20.7. The Morgan fingerprint density at radius 2 is 1.78 bits per heavy atom. The van der Waals surface area contributed by atoms with E-state index >= 15 is 0 Å². The van der Waals surface area contributed by atoms with Crippen LogP contribution in [0.2, 0.25) is 0 Å². The maximum Gasteiger partial charge on any atom is 0.191 e. The topological polar surface area (TPSA) is 39.7 Å². The maximum atomic E-state index is 4.32. The third kappa shape index (κ3) is 7.88. The number of aliphatic imine (C=N–C) groups is 1. The fourth-order valence-electron chi connectivity index (χ4n) is 3.76. The molecule has 2 aliphatic rings. The van der Waals surface area contributed by atoms with Gasteiger partial charge in [0, 0.05) is 32.7 Å². The molecule has 2 rings (SSSR count). The molecule has 5 heteroatoms. The fourth-order valence-corrected chi connectivity index (χ4v) is 3.76. The van der Waals surface area contributed by atoms with Crippen LogP contribution in [0.1, 0.15) is 46.0 Å². The van der Waals surface area contributed by atoms with Crippen molar-refractivity contribution < 1.29 is 0 Å². The molecule has 1 fully saturated rings. The van der Waals surface area contributed by atoms with Gasteiger partial charge in [0.15, 0.2) is 5.96 Å². The van der Waals surface area contributed by atoms with Crippen LogP contribution in [-0.2, 0) is 0 Å². The zero-order valence-electron chi connectivity index (χ0n) is 15.1. The van der Waals surface area contributed by atoms with Crippen molar-refractivity contribution in [2.45, 2.75) is 52.0 Å². The molecule has 0 bridgehead atoms. The van der Waals surface area contributed by atoms with Crippen molar-refractivity contribution in [3.63, 3.8) is 0 Å². The second kappa shape index (κ2) is 11.3. The summed E-state index contributed by atoms with van der Waals surface area (Å²) in [6.07, 6.45) is 10.6. The van der Waals surface area contributed by atoms with E-state index in [9.17, 15) is 0 Å². The molecule has 4 nitrogen and oxygen atoms in total. The number of guanidine groups is 1. The van der Waals surface area contributed by atoms with Gasteiger partial charge in [-0.3, -0.25) is 4.99 Å². The van der Waals surface area contributed by atoms with Gasteiger partial charge in [-0.25, -0.2) is 0 Å². The van der Waals surface area contributed by atoms with E-state index in [1.165, 1.54) is 38.9 Å². The van der Waals surface area contributed by atoms with Crippen molar-refractivity contribution in [3.05, 3.63) is 12.2 Å². The lowest BCUT2D eigenvalue weighted by atomic mass is 9.92. The molecule has 0 spiro atoms. The van der Waals surface area contributed by atoms with E-state index in [1.54, 1.807) is 0 Å². The van der Waals surface area contributed by atoms with E-state index in [0.717, 1.165) is 37.2 Å². The van der Waals surface area contributed by atoms with E-state index < -0.39 is 0 Å². The first-order valence-electron chi connectivity index (χ1n) is 9.02. The van der Waals surface area contributed by atoms with Crippen molar-refractivity contribution in [1.82, 2.24) is 15.5 Å². The van der Waals surface area contributed by atoms with Gasteiger partial charge in [-0.05, 0) is 50.5 Å². The number of hydrogen-bond donors (Lipinski definition) is 2. The van der Waals surface area contributed by atoms with Gasteiger partial charge in [0.2, 0.25) is 0 Å². The van der Waals surface area contributed by atoms with E-state index in [2.05, 4.69) is 46.5 Å². The molecule has 0 saturated carbocycles. The molecular formula is C18H35IN4. The molecule has 0 aromatic heterocycles. The summed E-state index contributed by atoms with van der Waals surface area (Å²) >= 11 is 0. The minimum atomic E-state index is 0. The lowest BCUT2D eigenvalue weighted by molar-refractivity contribution is 0.139. The highest BCUT2D eigenvalue weighted by Gasteiger charge is 2.20. The Morgan fingerprint density at radius 3 is 2.39 bits per heavy atom. The molecule has 23 heavy (non-hydrogen) atoms. The van der Waals surface area contributed by atoms with E-state index in [4.69, 9.17) is 0 Å². The first-order valence-corrected chi connectivity index (χ1v) is 9.02. The van der Waals surface area contributed by atoms with Crippen LogP contribution in [0.15, 0.2) is 17.1 Å². The van der Waals surface area contributed by atoms with Gasteiger partial charge >= 0.3 is 0 Å². The van der Waals surface area contributed by atoms with E-state index in [-0.39, 0.29) is 24.0 Å². The highest BCUT2D eigenvalue weighted by atomic mass is 127. The average Bonchev–Trinajstić information content (AvgIpc) is 2.97. The zero-order chi connectivity index (χ0) is 15.8. The number of piperidine rings is 1. The third-order valence-electron chi connectivity index (χ3n) is 4.71. The summed E-state index contributed by atoms with van der Waals surface area (Å²) in [7, 11) is 1.86. The van der Waals surface area contributed by atoms with Gasteiger partial charge in [-0.15, -0.1) is 24.0 Å². The smallest absolute Gasteiger partial charge is 0.191 e. The predicted molar refractivity (Wildman–Crippen MR) is 111 cm³/mol. The van der Waals surface area contributed by atoms with Gasteiger partial charge in [-0.2, -0.15) is 0 Å². The summed E-state index contributed by atoms with van der Waals surface area (Å²) < 4.78 is 0. The number of rotatable bonds is 6. The standard InChI is InChI=1S/C18H34N4.HI/c1-15-12-16(2)14-22(13-15)11-7-6-10-20-18(19-3)21-17-8-4-5-9-17;/h4-5,15-17H,6-14H2,1-3H3,(H2,19,20,21);1H. The quantitative estimate of drug-likeness (QED) is 0.222. The van der Waals surface area contributed by atoms with Crippen molar-refractivity contribution >= 4 is 29.9 Å². The summed E-state index contributed by atoms with van der Waals surface area (Å²) in [5.41, 5.74) is 0. The molecule has 1 saturated heterocycles. The van der Waals surface area contributed by atoms with Gasteiger partial charge < -0.3 is 15.5 Å². The maximum absolute atomic E-state index is 4.32. The van der Waals surface area contributed by atoms with E-state index in [1.807, 2.05) is 7.05 Å². The molecule has 0 aromatic carbocycles. The second-order valence-electron chi connectivity index (χ2n) is 7.20. The average molecular weight is 434 g/mol. The molecule has 2 N–H and O–H groups in total. The number of likely N-dealkylation sites (tertiary alicyclic amines) is 1. The minimum absolute atomic E-state index is 0. The van der Waals surface area contributed by atoms with Gasteiger partial charge in [-0.1, -0.05) is 26.0 Å². The van der Waals surface area contributed by atoms with Crippen LogP contribution >= 0.6 is 24.0 Å². The molecule has 1 aliphatic carbocycles. The monoisotopic (exact) mass is 434 g/mol. The minimum Gasteiger partial charge on any atom is -0.356 e. The van der Waals surface area contributed by atoms with Crippen LogP contribution in [0.4, 0.5) is 0 Å². The van der Waals surface area contributed by atoms with Crippen molar-refractivity contribution in [3.8, 4) is 0 Å². The molecule has 1 aliphatic heterocycles. The van der Waals surface area contributed by atoms with Gasteiger partial charge in [0.25, 0.3) is 0 Å². The molecule has 1 heterocycles. The molecule has 0 amide bonds. The largest absolute Gasteiger partial charge is 0.356 e. The third-order valence-corrected chi connectivity index (χ3v) is 4.71. The highest BCUT2D eigenvalue weighted by molar-refractivity contribution is 14.0. The van der Waals surface area contributed by atoms with Crippen LogP contribution in [0.3, 0.4) is 0 Å². The SMILES string of the molecule is CN=C(NCCCCN1CC(C)CC(C)C1)NC1CC=CC1.I. The van der Waals surface area contributed by atoms with Gasteiger partial charge in [0.05, 0.1) is 0 Å². The predicted octanol–water partition coefficient (Wildman–Crippen LogP) is 3.25. The lowest BCUT2D eigenvalue weighted by Crippen LogP contribution is -2.43. The Hall–Kier alpha value is -0.300. The number of nitrogens with zero attached hydrogens (tertiary/aromatic N) is 2. The Balaban J connectivity index is 0.00000264. The zero-order valence-corrected chi connectivity index (χ0v) is 17.4. The highest BCUT2D eigenvalue weighted by Crippen LogP contribution is 2.20. The van der Waals surface area contributed by atoms with Crippen LogP contribution in [0.25, 0.3) is 0 Å². The molecule has 134 valence electrons. The Kier molecular flexibility index (Phi) is 10.2. The fraction of sp³-hybridized carbons (Fsp3) is 0.833. The summed E-state index contributed by atoms with van der Waals surface area (Å²) in [6.45, 7) is 9.61. The first-order chi connectivity index (χ1) is 10.7. The van der Waals surface area contributed by atoms with Crippen molar-refractivity contribution in [1.29, 1.82) is 0 Å². The Bertz CT molecular complexity index is 365. The van der Waals surface area contributed by atoms with Crippen molar-refractivity contribution in [2.24, 2.45) is 16.8 Å². The summed E-state index contributed by atoms with van der Waals surface area (Å²) in [5, 5.41) is 6.93. The molecule has 0 aromatic rings. The van der Waals surface area contributed by atoms with Crippen LogP contribution in [-0.4, -0.2) is 50.1 Å². The molecular weight excluding hydrogens is 399 g/mol. The lowest BCUT2D eigenvalue weighted by Gasteiger charge is -2.34. The Morgan fingerprint density at radius 1 is 1.13 bits per heavy atom. The van der Waals surface area contributed by atoms with Crippen LogP contribution < -0.4 is 10.6 Å². The second-order valence-corrected chi connectivity index (χ2v) is 7.20. The summed E-state index contributed by atoms with van der Waals surface area (Å²) in [5.74, 6) is 2.68. The molecule has 2 atom stereocenters. The van der Waals surface area contributed by atoms with Crippen LogP contribution in [0, 0.1) is 11.8 Å². The molecule has 0 radical (unpaired) electrons. The number of hydrogen-bond acceptors (Lipinski definition) is 2. The summed E-state index contributed by atoms with van der Waals surface area (Å²) in [4.78, 5) is 6.96. The number of halogens is 1. The molecule has 2 unspecified atom stereocenters. The number of unbranched alkanes of at least 4 members (excludes halogenated alkanes) is 1. The summed E-state index contributed by atoms with van der Waals surface area (Å²) in [6, 6.07) is 0.530. The van der Waals surface area contributed by atoms with Crippen LogP contribution in [0.5, 0.6) is 0 Å². The Labute approximate surface area is 159 Å².